The molecule has 0 aliphatic rings. The first-order valence-electron chi connectivity index (χ1n) is 4.49. The summed E-state index contributed by atoms with van der Waals surface area (Å²) in [6.45, 7) is 3.97. The van der Waals surface area contributed by atoms with Crippen molar-refractivity contribution in [1.29, 1.82) is 0 Å². The summed E-state index contributed by atoms with van der Waals surface area (Å²) in [4.78, 5) is 11.2. The van der Waals surface area contributed by atoms with Gasteiger partial charge in [0.15, 0.2) is 0 Å². The van der Waals surface area contributed by atoms with Crippen LogP contribution in [-0.2, 0) is 4.79 Å². The van der Waals surface area contributed by atoms with Gasteiger partial charge in [0.25, 0.3) is 0 Å². The maximum absolute atomic E-state index is 11.2. The summed E-state index contributed by atoms with van der Waals surface area (Å²) in [6, 6.07) is 0.120. The monoisotopic (exact) mass is 205 g/mol. The molecule has 4 nitrogen and oxygen atoms in total. The molecular weight excluding hydrogens is 186 g/mol. The van der Waals surface area contributed by atoms with Crippen LogP contribution in [-0.4, -0.2) is 23.0 Å². The fourth-order valence-electron chi connectivity index (χ4n) is 0.913. The maximum atomic E-state index is 11.2. The summed E-state index contributed by atoms with van der Waals surface area (Å²) in [5.41, 5.74) is 7.77. The molecule has 0 aromatic carbocycles. The molecule has 0 aliphatic carbocycles. The van der Waals surface area contributed by atoms with E-state index >= 15 is 0 Å². The quantitative estimate of drug-likeness (QED) is 0.329. The Kier molecular flexibility index (Phi) is 7.03. The number of carbonyl (C=O) groups excluding carboxylic acids is 1. The summed E-state index contributed by atoms with van der Waals surface area (Å²) in [5, 5.41) is -0.0546. The molecule has 78 valence electrons. The van der Waals surface area contributed by atoms with Crippen LogP contribution in [0.4, 0.5) is 0 Å². The number of carbonyl (C=O) groups is 1. The van der Waals surface area contributed by atoms with Crippen molar-refractivity contribution in [2.24, 2.45) is 11.6 Å². The minimum atomic E-state index is -0.104. The highest BCUT2D eigenvalue weighted by Gasteiger charge is 2.16. The first-order chi connectivity index (χ1) is 6.11. The molecule has 0 rings (SSSR count). The Morgan fingerprint density at radius 2 is 2.23 bits per heavy atom. The minimum absolute atomic E-state index is 0.0546. The van der Waals surface area contributed by atoms with Crippen molar-refractivity contribution < 1.29 is 4.79 Å². The summed E-state index contributed by atoms with van der Waals surface area (Å²) in [5.74, 6) is 5.75. The number of thioether (sulfide) groups is 1. The normalized spacial score (nSPS) is 15.1. The molecule has 0 saturated carbocycles. The van der Waals surface area contributed by atoms with Crippen LogP contribution in [0.1, 0.15) is 26.7 Å². The molecule has 0 aromatic rings. The summed E-state index contributed by atoms with van der Waals surface area (Å²) >= 11 is 1.57. The van der Waals surface area contributed by atoms with E-state index in [4.69, 9.17) is 11.6 Å². The second-order valence-corrected chi connectivity index (χ2v) is 4.33. The van der Waals surface area contributed by atoms with Gasteiger partial charge in [-0.15, -0.1) is 11.8 Å². The second kappa shape index (κ2) is 7.17. The van der Waals surface area contributed by atoms with E-state index in [2.05, 4.69) is 5.43 Å². The van der Waals surface area contributed by atoms with Crippen molar-refractivity contribution in [1.82, 2.24) is 5.43 Å². The van der Waals surface area contributed by atoms with Gasteiger partial charge in [0, 0.05) is 11.8 Å². The van der Waals surface area contributed by atoms with E-state index in [9.17, 15) is 4.79 Å². The molecule has 0 radical (unpaired) electrons. The lowest BCUT2D eigenvalue weighted by Crippen LogP contribution is -2.38. The fraction of sp³-hybridized carbons (Fsp3) is 0.875. The lowest BCUT2D eigenvalue weighted by molar-refractivity contribution is -0.120. The minimum Gasteiger partial charge on any atom is -0.327 e. The Morgan fingerprint density at radius 3 is 2.62 bits per heavy atom. The zero-order valence-corrected chi connectivity index (χ0v) is 9.06. The molecule has 2 atom stereocenters. The van der Waals surface area contributed by atoms with Gasteiger partial charge in [-0.25, -0.2) is 5.84 Å². The smallest absolute Gasteiger partial charge is 0.246 e. The SMILES string of the molecule is CCCC(SCC(C)N)C(=O)NN. The number of hydrogen-bond acceptors (Lipinski definition) is 4. The van der Waals surface area contributed by atoms with Crippen LogP contribution < -0.4 is 17.0 Å². The largest absolute Gasteiger partial charge is 0.327 e. The Morgan fingerprint density at radius 1 is 1.62 bits per heavy atom. The molecule has 0 aromatic heterocycles. The highest BCUT2D eigenvalue weighted by atomic mass is 32.2. The standard InChI is InChI=1S/C8H19N3OS/c1-3-4-7(8(12)11-10)13-5-6(2)9/h6-7H,3-5,9-10H2,1-2H3,(H,11,12). The van der Waals surface area contributed by atoms with Crippen LogP contribution in [0.3, 0.4) is 0 Å². The van der Waals surface area contributed by atoms with Gasteiger partial charge < -0.3 is 5.73 Å². The lowest BCUT2D eigenvalue weighted by atomic mass is 10.2. The van der Waals surface area contributed by atoms with Crippen LogP contribution in [0, 0.1) is 0 Å². The van der Waals surface area contributed by atoms with Crippen molar-refractivity contribution in [2.75, 3.05) is 5.75 Å². The van der Waals surface area contributed by atoms with E-state index in [0.29, 0.717) is 0 Å². The van der Waals surface area contributed by atoms with Crippen molar-refractivity contribution in [3.8, 4) is 0 Å². The number of hydrazine groups is 1. The predicted octanol–water partition coefficient (Wildman–Crippen LogP) is 0.225. The summed E-state index contributed by atoms with van der Waals surface area (Å²) < 4.78 is 0. The molecule has 2 unspecified atom stereocenters. The Labute approximate surface area is 83.8 Å². The van der Waals surface area contributed by atoms with Crippen molar-refractivity contribution in [3.63, 3.8) is 0 Å². The van der Waals surface area contributed by atoms with Crippen LogP contribution in [0.5, 0.6) is 0 Å². The second-order valence-electron chi connectivity index (χ2n) is 3.10. The zero-order chi connectivity index (χ0) is 10.3. The van der Waals surface area contributed by atoms with Gasteiger partial charge in [0.1, 0.15) is 0 Å². The van der Waals surface area contributed by atoms with Crippen molar-refractivity contribution >= 4 is 17.7 Å². The highest BCUT2D eigenvalue weighted by Crippen LogP contribution is 2.16. The van der Waals surface area contributed by atoms with Gasteiger partial charge >= 0.3 is 0 Å². The molecule has 0 heterocycles. The van der Waals surface area contributed by atoms with Gasteiger partial charge in [-0.3, -0.25) is 10.2 Å². The molecule has 0 bridgehead atoms. The molecule has 0 fully saturated rings. The van der Waals surface area contributed by atoms with Gasteiger partial charge in [0.2, 0.25) is 5.91 Å². The van der Waals surface area contributed by atoms with E-state index in [1.807, 2.05) is 13.8 Å². The van der Waals surface area contributed by atoms with E-state index in [1.165, 1.54) is 0 Å². The Bertz CT molecular complexity index is 152. The predicted molar refractivity (Wildman–Crippen MR) is 57.1 cm³/mol. The van der Waals surface area contributed by atoms with E-state index < -0.39 is 0 Å². The van der Waals surface area contributed by atoms with Gasteiger partial charge in [0.05, 0.1) is 5.25 Å². The topological polar surface area (TPSA) is 81.1 Å². The van der Waals surface area contributed by atoms with Crippen molar-refractivity contribution in [2.45, 2.75) is 38.0 Å². The van der Waals surface area contributed by atoms with E-state index in [1.54, 1.807) is 11.8 Å². The number of nitrogens with one attached hydrogen (secondary N) is 1. The molecule has 0 saturated heterocycles. The molecule has 1 amide bonds. The third-order valence-electron chi connectivity index (χ3n) is 1.55. The highest BCUT2D eigenvalue weighted by molar-refractivity contribution is 8.00. The van der Waals surface area contributed by atoms with Crippen LogP contribution in [0.25, 0.3) is 0 Å². The first-order valence-corrected chi connectivity index (χ1v) is 5.54. The Hall–Kier alpha value is -0.260. The maximum Gasteiger partial charge on any atom is 0.246 e. The lowest BCUT2D eigenvalue weighted by Gasteiger charge is -2.14. The average molecular weight is 205 g/mol. The van der Waals surface area contributed by atoms with Crippen molar-refractivity contribution in [3.05, 3.63) is 0 Å². The summed E-state index contributed by atoms with van der Waals surface area (Å²) in [6.07, 6.45) is 1.82. The van der Waals surface area contributed by atoms with Crippen LogP contribution >= 0.6 is 11.8 Å². The first kappa shape index (κ1) is 12.7. The number of nitrogens with two attached hydrogens (primary N) is 2. The van der Waals surface area contributed by atoms with Gasteiger partial charge in [-0.2, -0.15) is 0 Å². The van der Waals surface area contributed by atoms with Gasteiger partial charge in [-0.1, -0.05) is 13.3 Å². The number of rotatable bonds is 6. The number of amides is 1. The van der Waals surface area contributed by atoms with E-state index in [0.717, 1.165) is 18.6 Å². The molecule has 5 heteroatoms. The Balaban J connectivity index is 3.86. The molecule has 0 aliphatic heterocycles. The number of hydrogen-bond donors (Lipinski definition) is 3. The fourth-order valence-corrected chi connectivity index (χ4v) is 2.07. The average Bonchev–Trinajstić information content (AvgIpc) is 2.10. The molecule has 5 N–H and O–H groups in total. The molecule has 0 spiro atoms. The third-order valence-corrected chi connectivity index (χ3v) is 3.12. The van der Waals surface area contributed by atoms with Crippen LogP contribution in [0.2, 0.25) is 0 Å². The molecule has 13 heavy (non-hydrogen) atoms. The van der Waals surface area contributed by atoms with E-state index in [-0.39, 0.29) is 17.2 Å². The van der Waals surface area contributed by atoms with Crippen LogP contribution in [0.15, 0.2) is 0 Å². The molecular formula is C8H19N3OS. The third kappa shape index (κ3) is 5.90. The van der Waals surface area contributed by atoms with Gasteiger partial charge in [-0.05, 0) is 13.3 Å². The zero-order valence-electron chi connectivity index (χ0n) is 8.25. The summed E-state index contributed by atoms with van der Waals surface area (Å²) in [7, 11) is 0.